The van der Waals surface area contributed by atoms with E-state index in [0.29, 0.717) is 18.7 Å². The zero-order valence-electron chi connectivity index (χ0n) is 14.5. The fourth-order valence-corrected chi connectivity index (χ4v) is 2.53. The standard InChI is InChI=1S/C17H32N2O2/c1-7-18-11-17-10-16(15(6)21-17)12-20-9-8-19(13(2)3)14(4)5/h10,13-14,18H,7-9,11-12H2,1-6H3. The number of ether oxygens (including phenoxy) is 1. The van der Waals surface area contributed by atoms with Gasteiger partial charge in [-0.15, -0.1) is 0 Å². The van der Waals surface area contributed by atoms with Crippen molar-refractivity contribution >= 4 is 0 Å². The first-order valence-corrected chi connectivity index (χ1v) is 8.08. The molecule has 21 heavy (non-hydrogen) atoms. The lowest BCUT2D eigenvalue weighted by Gasteiger charge is -2.30. The largest absolute Gasteiger partial charge is 0.465 e. The van der Waals surface area contributed by atoms with E-state index < -0.39 is 0 Å². The SMILES string of the molecule is CCNCc1cc(COCCN(C(C)C)C(C)C)c(C)o1. The van der Waals surface area contributed by atoms with E-state index in [9.17, 15) is 0 Å². The van der Waals surface area contributed by atoms with Crippen molar-refractivity contribution in [2.75, 3.05) is 19.7 Å². The van der Waals surface area contributed by atoms with Crippen molar-refractivity contribution in [2.45, 2.75) is 66.8 Å². The van der Waals surface area contributed by atoms with Gasteiger partial charge in [0.1, 0.15) is 11.5 Å². The Morgan fingerprint density at radius 1 is 1.24 bits per heavy atom. The van der Waals surface area contributed by atoms with Gasteiger partial charge in [-0.1, -0.05) is 6.92 Å². The van der Waals surface area contributed by atoms with E-state index in [2.05, 4.69) is 50.9 Å². The molecular weight excluding hydrogens is 264 g/mol. The monoisotopic (exact) mass is 296 g/mol. The molecule has 0 radical (unpaired) electrons. The molecule has 1 aromatic rings. The Bertz CT molecular complexity index is 391. The van der Waals surface area contributed by atoms with E-state index in [1.165, 1.54) is 0 Å². The Kier molecular flexibility index (Phi) is 8.01. The summed E-state index contributed by atoms with van der Waals surface area (Å²) in [5.74, 6) is 1.95. The van der Waals surface area contributed by atoms with Crippen molar-refractivity contribution in [3.8, 4) is 0 Å². The quantitative estimate of drug-likeness (QED) is 0.672. The van der Waals surface area contributed by atoms with Gasteiger partial charge in [0.2, 0.25) is 0 Å². The molecule has 1 rings (SSSR count). The van der Waals surface area contributed by atoms with E-state index in [1.807, 2.05) is 6.92 Å². The Morgan fingerprint density at radius 2 is 1.90 bits per heavy atom. The second-order valence-corrected chi connectivity index (χ2v) is 6.05. The summed E-state index contributed by atoms with van der Waals surface area (Å²) in [5, 5.41) is 3.27. The second-order valence-electron chi connectivity index (χ2n) is 6.05. The van der Waals surface area contributed by atoms with Crippen molar-refractivity contribution in [3.63, 3.8) is 0 Å². The summed E-state index contributed by atoms with van der Waals surface area (Å²) in [7, 11) is 0. The minimum absolute atomic E-state index is 0.552. The van der Waals surface area contributed by atoms with Gasteiger partial charge in [0.25, 0.3) is 0 Å². The van der Waals surface area contributed by atoms with Gasteiger partial charge < -0.3 is 14.5 Å². The van der Waals surface area contributed by atoms with E-state index in [0.717, 1.165) is 43.3 Å². The molecule has 0 aliphatic rings. The molecule has 0 spiro atoms. The third kappa shape index (κ3) is 6.20. The lowest BCUT2D eigenvalue weighted by atomic mass is 10.2. The van der Waals surface area contributed by atoms with E-state index in [-0.39, 0.29) is 0 Å². The molecule has 4 nitrogen and oxygen atoms in total. The second kappa shape index (κ2) is 9.23. The van der Waals surface area contributed by atoms with Crippen LogP contribution in [-0.4, -0.2) is 36.7 Å². The zero-order chi connectivity index (χ0) is 15.8. The molecule has 0 saturated carbocycles. The van der Waals surface area contributed by atoms with Gasteiger partial charge in [-0.2, -0.15) is 0 Å². The van der Waals surface area contributed by atoms with Crippen molar-refractivity contribution in [3.05, 3.63) is 23.2 Å². The van der Waals surface area contributed by atoms with Crippen LogP contribution in [0.25, 0.3) is 0 Å². The fraction of sp³-hybridized carbons (Fsp3) is 0.765. The average molecular weight is 296 g/mol. The molecule has 0 amide bonds. The number of aryl methyl sites for hydroxylation is 1. The van der Waals surface area contributed by atoms with Crippen molar-refractivity contribution < 1.29 is 9.15 Å². The van der Waals surface area contributed by atoms with Gasteiger partial charge in [0.15, 0.2) is 0 Å². The number of furan rings is 1. The number of nitrogens with zero attached hydrogens (tertiary/aromatic N) is 1. The molecule has 0 atom stereocenters. The Hall–Kier alpha value is -0.840. The van der Waals surface area contributed by atoms with Gasteiger partial charge in [0.05, 0.1) is 19.8 Å². The highest BCUT2D eigenvalue weighted by molar-refractivity contribution is 5.19. The highest BCUT2D eigenvalue weighted by Crippen LogP contribution is 2.15. The van der Waals surface area contributed by atoms with Gasteiger partial charge in [-0.25, -0.2) is 0 Å². The topological polar surface area (TPSA) is 37.6 Å². The third-order valence-electron chi connectivity index (χ3n) is 3.70. The number of rotatable bonds is 10. The Balaban J connectivity index is 2.36. The van der Waals surface area contributed by atoms with Crippen molar-refractivity contribution in [1.82, 2.24) is 10.2 Å². The van der Waals surface area contributed by atoms with Crippen LogP contribution in [0.5, 0.6) is 0 Å². The predicted molar refractivity (Wildman–Crippen MR) is 87.5 cm³/mol. The van der Waals surface area contributed by atoms with Gasteiger partial charge in [-0.05, 0) is 47.2 Å². The van der Waals surface area contributed by atoms with Crippen LogP contribution in [0.3, 0.4) is 0 Å². The maximum Gasteiger partial charge on any atom is 0.118 e. The summed E-state index contributed by atoms with van der Waals surface area (Å²) < 4.78 is 11.5. The molecule has 0 unspecified atom stereocenters. The normalized spacial score (nSPS) is 12.0. The summed E-state index contributed by atoms with van der Waals surface area (Å²) in [6, 6.07) is 3.20. The minimum Gasteiger partial charge on any atom is -0.465 e. The first-order chi connectivity index (χ1) is 9.95. The van der Waals surface area contributed by atoms with Crippen LogP contribution in [0, 0.1) is 6.92 Å². The maximum absolute atomic E-state index is 5.83. The van der Waals surface area contributed by atoms with Crippen LogP contribution in [-0.2, 0) is 17.9 Å². The lowest BCUT2D eigenvalue weighted by Crippen LogP contribution is -2.39. The summed E-state index contributed by atoms with van der Waals surface area (Å²) in [6.07, 6.45) is 0. The van der Waals surface area contributed by atoms with Gasteiger partial charge in [-0.3, -0.25) is 4.90 Å². The van der Waals surface area contributed by atoms with Crippen LogP contribution in [0.4, 0.5) is 0 Å². The fourth-order valence-electron chi connectivity index (χ4n) is 2.53. The van der Waals surface area contributed by atoms with Crippen molar-refractivity contribution in [2.24, 2.45) is 0 Å². The van der Waals surface area contributed by atoms with Crippen LogP contribution in [0.15, 0.2) is 10.5 Å². The first kappa shape index (κ1) is 18.2. The van der Waals surface area contributed by atoms with E-state index in [1.54, 1.807) is 0 Å². The van der Waals surface area contributed by atoms with Crippen LogP contribution < -0.4 is 5.32 Å². The molecule has 0 saturated heterocycles. The molecule has 1 aromatic heterocycles. The number of nitrogens with one attached hydrogen (secondary N) is 1. The van der Waals surface area contributed by atoms with E-state index in [4.69, 9.17) is 9.15 Å². The summed E-state index contributed by atoms with van der Waals surface area (Å²) in [6.45, 7) is 17.1. The van der Waals surface area contributed by atoms with E-state index >= 15 is 0 Å². The number of hydrogen-bond acceptors (Lipinski definition) is 4. The molecule has 0 bridgehead atoms. The molecule has 1 heterocycles. The van der Waals surface area contributed by atoms with Gasteiger partial charge in [0, 0.05) is 24.2 Å². The molecule has 0 aromatic carbocycles. The maximum atomic E-state index is 5.83. The Labute approximate surface area is 129 Å². The molecule has 0 aliphatic heterocycles. The summed E-state index contributed by atoms with van der Waals surface area (Å²) in [4.78, 5) is 2.44. The third-order valence-corrected chi connectivity index (χ3v) is 3.70. The van der Waals surface area contributed by atoms with Crippen molar-refractivity contribution in [1.29, 1.82) is 0 Å². The van der Waals surface area contributed by atoms with Crippen LogP contribution in [0.2, 0.25) is 0 Å². The average Bonchev–Trinajstić information content (AvgIpc) is 2.76. The summed E-state index contributed by atoms with van der Waals surface area (Å²) >= 11 is 0. The molecule has 4 heteroatoms. The smallest absolute Gasteiger partial charge is 0.118 e. The zero-order valence-corrected chi connectivity index (χ0v) is 14.5. The highest BCUT2D eigenvalue weighted by Gasteiger charge is 2.13. The minimum atomic E-state index is 0.552. The van der Waals surface area contributed by atoms with Crippen LogP contribution in [0.1, 0.15) is 51.7 Å². The number of hydrogen-bond donors (Lipinski definition) is 1. The van der Waals surface area contributed by atoms with Crippen LogP contribution >= 0.6 is 0 Å². The first-order valence-electron chi connectivity index (χ1n) is 8.08. The van der Waals surface area contributed by atoms with Gasteiger partial charge >= 0.3 is 0 Å². The molecule has 0 aliphatic carbocycles. The Morgan fingerprint density at radius 3 is 2.48 bits per heavy atom. The predicted octanol–water partition coefficient (Wildman–Crippen LogP) is 3.33. The lowest BCUT2D eigenvalue weighted by molar-refractivity contribution is 0.0694. The molecule has 122 valence electrons. The molecule has 0 fully saturated rings. The molecular formula is C17H32N2O2. The highest BCUT2D eigenvalue weighted by atomic mass is 16.5. The summed E-state index contributed by atoms with van der Waals surface area (Å²) in [5.41, 5.74) is 1.16. The molecule has 1 N–H and O–H groups in total.